The maximum Gasteiger partial charge on any atom is 0.340 e. The molecule has 0 aliphatic rings. The standard InChI is InChI=1S/C24H19N5O4/c1-15-20(10-16-8-9-19(32-2)11-21(16)27-15)24(31)33-14-22(30)28-23-17(12-25)13-26-29(23)18-6-4-3-5-7-18/h3-11,13H,14H2,1-2H3,(H,28,30). The number of rotatable bonds is 6. The van der Waals surface area contributed by atoms with E-state index in [1.54, 1.807) is 50.4 Å². The Morgan fingerprint density at radius 3 is 2.67 bits per heavy atom. The molecule has 0 aliphatic carbocycles. The molecule has 0 fully saturated rings. The number of nitrogens with one attached hydrogen (secondary N) is 1. The average Bonchev–Trinajstić information content (AvgIpc) is 3.24. The van der Waals surface area contributed by atoms with Crippen molar-refractivity contribution in [3.8, 4) is 17.5 Å². The zero-order chi connectivity index (χ0) is 23.4. The van der Waals surface area contributed by atoms with E-state index in [9.17, 15) is 14.9 Å². The predicted octanol–water partition coefficient (Wildman–Crippen LogP) is 3.40. The number of fused-ring (bicyclic) bond motifs is 1. The van der Waals surface area contributed by atoms with Gasteiger partial charge >= 0.3 is 5.97 Å². The van der Waals surface area contributed by atoms with E-state index >= 15 is 0 Å². The van der Waals surface area contributed by atoms with Crippen LogP contribution in [0.15, 0.2) is 60.8 Å². The van der Waals surface area contributed by atoms with Crippen LogP contribution in [-0.2, 0) is 9.53 Å². The molecule has 0 aliphatic heterocycles. The number of hydrogen-bond donors (Lipinski definition) is 1. The van der Waals surface area contributed by atoms with Crippen LogP contribution in [-0.4, -0.2) is 40.4 Å². The third-order valence-electron chi connectivity index (χ3n) is 4.92. The van der Waals surface area contributed by atoms with Crippen LogP contribution in [0.1, 0.15) is 21.6 Å². The lowest BCUT2D eigenvalue weighted by Crippen LogP contribution is -2.23. The normalized spacial score (nSPS) is 10.5. The number of aryl methyl sites for hydroxylation is 1. The minimum atomic E-state index is -0.676. The molecular formula is C24H19N5O4. The third-order valence-corrected chi connectivity index (χ3v) is 4.92. The van der Waals surface area contributed by atoms with E-state index in [-0.39, 0.29) is 16.9 Å². The van der Waals surface area contributed by atoms with Gasteiger partial charge in [0.15, 0.2) is 12.4 Å². The Kier molecular flexibility index (Phi) is 6.00. The summed E-state index contributed by atoms with van der Waals surface area (Å²) in [6.07, 6.45) is 1.35. The van der Waals surface area contributed by atoms with Crippen molar-refractivity contribution < 1.29 is 19.1 Å². The Hall–Kier alpha value is -4.71. The van der Waals surface area contributed by atoms with E-state index in [1.807, 2.05) is 24.3 Å². The van der Waals surface area contributed by atoms with Crippen molar-refractivity contribution in [3.63, 3.8) is 0 Å². The van der Waals surface area contributed by atoms with Gasteiger partial charge in [0.1, 0.15) is 17.4 Å². The SMILES string of the molecule is COc1ccc2cc(C(=O)OCC(=O)Nc3c(C#N)cnn3-c3ccccc3)c(C)nc2c1. The van der Waals surface area contributed by atoms with Crippen LogP contribution < -0.4 is 10.1 Å². The highest BCUT2D eigenvalue weighted by Crippen LogP contribution is 2.22. The van der Waals surface area contributed by atoms with Crippen LogP contribution in [0, 0.1) is 18.3 Å². The highest BCUT2D eigenvalue weighted by atomic mass is 16.5. The first-order valence-electron chi connectivity index (χ1n) is 9.96. The summed E-state index contributed by atoms with van der Waals surface area (Å²) in [5.41, 5.74) is 2.26. The van der Waals surface area contributed by atoms with Gasteiger partial charge in [0, 0.05) is 11.5 Å². The van der Waals surface area contributed by atoms with Gasteiger partial charge in [-0.1, -0.05) is 18.2 Å². The molecule has 4 rings (SSSR count). The zero-order valence-corrected chi connectivity index (χ0v) is 17.9. The molecule has 164 valence electrons. The van der Waals surface area contributed by atoms with Gasteiger partial charge in [0.25, 0.3) is 5.91 Å². The molecule has 9 heteroatoms. The Balaban J connectivity index is 1.48. The summed E-state index contributed by atoms with van der Waals surface area (Å²) in [6.45, 7) is 1.15. The average molecular weight is 441 g/mol. The van der Waals surface area contributed by atoms with Gasteiger partial charge in [-0.2, -0.15) is 10.4 Å². The molecule has 0 saturated heterocycles. The number of hydrogen-bond acceptors (Lipinski definition) is 7. The van der Waals surface area contributed by atoms with Gasteiger partial charge in [-0.25, -0.2) is 9.48 Å². The number of anilines is 1. The fourth-order valence-corrected chi connectivity index (χ4v) is 3.27. The van der Waals surface area contributed by atoms with Gasteiger partial charge in [0.05, 0.1) is 35.8 Å². The Bertz CT molecular complexity index is 1390. The molecule has 0 atom stereocenters. The zero-order valence-electron chi connectivity index (χ0n) is 17.9. The number of ether oxygens (including phenoxy) is 2. The molecule has 0 spiro atoms. The van der Waals surface area contributed by atoms with E-state index in [0.29, 0.717) is 22.6 Å². The summed E-state index contributed by atoms with van der Waals surface area (Å²) in [5.74, 6) is -0.422. The van der Waals surface area contributed by atoms with Crippen LogP contribution in [0.4, 0.5) is 5.82 Å². The van der Waals surface area contributed by atoms with E-state index in [0.717, 1.165) is 5.39 Å². The fraction of sp³-hybridized carbons (Fsp3) is 0.125. The molecule has 1 amide bonds. The first kappa shape index (κ1) is 21.5. The maximum atomic E-state index is 12.6. The van der Waals surface area contributed by atoms with Crippen molar-refractivity contribution in [1.82, 2.24) is 14.8 Å². The monoisotopic (exact) mass is 441 g/mol. The second-order valence-electron chi connectivity index (χ2n) is 7.07. The minimum Gasteiger partial charge on any atom is -0.497 e. The fourth-order valence-electron chi connectivity index (χ4n) is 3.27. The molecule has 2 aromatic heterocycles. The van der Waals surface area contributed by atoms with Gasteiger partial charge in [0.2, 0.25) is 0 Å². The second kappa shape index (κ2) is 9.20. The second-order valence-corrected chi connectivity index (χ2v) is 7.07. The lowest BCUT2D eigenvalue weighted by Gasteiger charge is -2.11. The smallest absolute Gasteiger partial charge is 0.340 e. The van der Waals surface area contributed by atoms with Crippen molar-refractivity contribution in [2.75, 3.05) is 19.0 Å². The Morgan fingerprint density at radius 2 is 1.94 bits per heavy atom. The molecule has 33 heavy (non-hydrogen) atoms. The highest BCUT2D eigenvalue weighted by molar-refractivity contribution is 5.98. The minimum absolute atomic E-state index is 0.184. The Labute approximate surface area is 189 Å². The number of pyridine rings is 1. The molecule has 4 aromatic rings. The number of para-hydroxylation sites is 1. The highest BCUT2D eigenvalue weighted by Gasteiger charge is 2.18. The molecule has 0 radical (unpaired) electrons. The number of carbonyl (C=O) groups is 2. The van der Waals surface area contributed by atoms with E-state index in [4.69, 9.17) is 9.47 Å². The number of esters is 1. The van der Waals surface area contributed by atoms with Crippen molar-refractivity contribution in [2.45, 2.75) is 6.92 Å². The Morgan fingerprint density at radius 1 is 1.15 bits per heavy atom. The number of aromatic nitrogens is 3. The number of amides is 1. The van der Waals surface area contributed by atoms with E-state index in [2.05, 4.69) is 15.4 Å². The van der Waals surface area contributed by atoms with Crippen molar-refractivity contribution in [2.24, 2.45) is 0 Å². The first-order chi connectivity index (χ1) is 16.0. The van der Waals surface area contributed by atoms with Crippen molar-refractivity contribution in [3.05, 3.63) is 77.6 Å². The quantitative estimate of drug-likeness (QED) is 0.455. The molecule has 0 saturated carbocycles. The number of carbonyl (C=O) groups excluding carboxylic acids is 2. The predicted molar refractivity (Wildman–Crippen MR) is 120 cm³/mol. The molecule has 2 aromatic carbocycles. The molecule has 2 heterocycles. The van der Waals surface area contributed by atoms with Crippen LogP contribution in [0.2, 0.25) is 0 Å². The van der Waals surface area contributed by atoms with Gasteiger partial charge in [-0.05, 0) is 37.3 Å². The van der Waals surface area contributed by atoms with Gasteiger partial charge in [-0.3, -0.25) is 9.78 Å². The number of nitrogens with zero attached hydrogens (tertiary/aromatic N) is 4. The van der Waals surface area contributed by atoms with E-state index in [1.165, 1.54) is 10.9 Å². The summed E-state index contributed by atoms with van der Waals surface area (Å²) in [4.78, 5) is 29.5. The van der Waals surface area contributed by atoms with Crippen LogP contribution in [0.5, 0.6) is 5.75 Å². The first-order valence-corrected chi connectivity index (χ1v) is 9.96. The van der Waals surface area contributed by atoms with Crippen LogP contribution in [0.3, 0.4) is 0 Å². The largest absolute Gasteiger partial charge is 0.497 e. The van der Waals surface area contributed by atoms with Gasteiger partial charge in [-0.15, -0.1) is 0 Å². The maximum absolute atomic E-state index is 12.6. The lowest BCUT2D eigenvalue weighted by molar-refractivity contribution is -0.119. The van der Waals surface area contributed by atoms with E-state index < -0.39 is 18.5 Å². The molecule has 0 bridgehead atoms. The molecule has 1 N–H and O–H groups in total. The third kappa shape index (κ3) is 4.50. The summed E-state index contributed by atoms with van der Waals surface area (Å²) in [5, 5.41) is 16.9. The summed E-state index contributed by atoms with van der Waals surface area (Å²) in [7, 11) is 1.57. The summed E-state index contributed by atoms with van der Waals surface area (Å²) >= 11 is 0. The van der Waals surface area contributed by atoms with Crippen molar-refractivity contribution in [1.29, 1.82) is 5.26 Å². The topological polar surface area (TPSA) is 119 Å². The molecule has 0 unspecified atom stereocenters. The van der Waals surface area contributed by atoms with Crippen LogP contribution >= 0.6 is 0 Å². The van der Waals surface area contributed by atoms with Gasteiger partial charge < -0.3 is 14.8 Å². The summed E-state index contributed by atoms with van der Waals surface area (Å²) < 4.78 is 11.8. The number of nitriles is 1. The molecule has 9 nitrogen and oxygen atoms in total. The number of benzene rings is 2. The molecular weight excluding hydrogens is 422 g/mol. The van der Waals surface area contributed by atoms with Crippen LogP contribution in [0.25, 0.3) is 16.6 Å². The lowest BCUT2D eigenvalue weighted by atomic mass is 10.1. The number of methoxy groups -OCH3 is 1. The summed E-state index contributed by atoms with van der Waals surface area (Å²) in [6, 6.07) is 18.0. The van der Waals surface area contributed by atoms with Crippen molar-refractivity contribution >= 4 is 28.6 Å².